The van der Waals surface area contributed by atoms with E-state index in [1.54, 1.807) is 0 Å². The maximum Gasteiger partial charge on any atom is 0.253 e. The Balaban J connectivity index is 2.48. The molecule has 0 aromatic carbocycles. The van der Waals surface area contributed by atoms with Crippen molar-refractivity contribution >= 4 is 29.2 Å². The van der Waals surface area contributed by atoms with Crippen molar-refractivity contribution in [2.24, 2.45) is 0 Å². The molecule has 6 nitrogen and oxygen atoms in total. The lowest BCUT2D eigenvalue weighted by Crippen LogP contribution is -2.17. The van der Waals surface area contributed by atoms with Crippen molar-refractivity contribution in [3.8, 4) is 0 Å². The molecule has 0 saturated heterocycles. The number of rotatable bonds is 2. The second-order valence-corrected chi connectivity index (χ2v) is 6.93. The van der Waals surface area contributed by atoms with E-state index in [4.69, 9.17) is 17.3 Å². The Labute approximate surface area is 131 Å². The number of hydrogen-bond donors (Lipinski definition) is 2. The molecule has 0 aliphatic rings. The van der Waals surface area contributed by atoms with Crippen LogP contribution in [-0.2, 0) is 5.41 Å². The van der Waals surface area contributed by atoms with Crippen molar-refractivity contribution < 1.29 is 0 Å². The van der Waals surface area contributed by atoms with E-state index < -0.39 is 0 Å². The zero-order valence-electron chi connectivity index (χ0n) is 12.2. The van der Waals surface area contributed by atoms with Crippen LogP contribution in [0.1, 0.15) is 32.2 Å². The van der Waals surface area contributed by atoms with Gasteiger partial charge in [0.1, 0.15) is 21.8 Å². The van der Waals surface area contributed by atoms with Gasteiger partial charge in [-0.15, -0.1) is 0 Å². The van der Waals surface area contributed by atoms with Gasteiger partial charge in [-0.3, -0.25) is 4.79 Å². The predicted molar refractivity (Wildman–Crippen MR) is 83.9 cm³/mol. The molecule has 0 fully saturated rings. The van der Waals surface area contributed by atoms with Crippen molar-refractivity contribution in [3.63, 3.8) is 0 Å². The number of anilines is 1. The van der Waals surface area contributed by atoms with E-state index in [2.05, 4.69) is 19.9 Å². The van der Waals surface area contributed by atoms with E-state index in [0.717, 1.165) is 5.56 Å². The summed E-state index contributed by atoms with van der Waals surface area (Å²) in [5.74, 6) is 0.793. The van der Waals surface area contributed by atoms with Gasteiger partial charge in [-0.25, -0.2) is 15.0 Å². The average Bonchev–Trinajstić information content (AvgIpc) is 2.32. The molecule has 3 N–H and O–H groups in total. The largest absolute Gasteiger partial charge is 0.383 e. The van der Waals surface area contributed by atoms with Crippen LogP contribution in [0.15, 0.2) is 21.0 Å². The normalized spacial score (nSPS) is 11.7. The highest BCUT2D eigenvalue weighted by atomic mass is 35.5. The van der Waals surface area contributed by atoms with Crippen molar-refractivity contribution in [1.82, 2.24) is 19.9 Å². The number of nitrogens with one attached hydrogen (secondary N) is 1. The van der Waals surface area contributed by atoms with E-state index in [1.807, 2.05) is 27.7 Å². The van der Waals surface area contributed by atoms with Crippen LogP contribution in [-0.4, -0.2) is 19.9 Å². The molecule has 2 heterocycles. The summed E-state index contributed by atoms with van der Waals surface area (Å²) >= 11 is 7.38. The molecule has 2 aromatic rings. The number of H-pyrrole nitrogens is 1. The molecule has 8 heteroatoms. The van der Waals surface area contributed by atoms with Crippen LogP contribution >= 0.6 is 23.4 Å². The predicted octanol–water partition coefficient (Wildman–Crippen LogP) is 2.55. The maximum absolute atomic E-state index is 11.4. The molecule has 21 heavy (non-hydrogen) atoms. The summed E-state index contributed by atoms with van der Waals surface area (Å²) in [6.45, 7) is 7.83. The van der Waals surface area contributed by atoms with E-state index in [9.17, 15) is 4.79 Å². The minimum atomic E-state index is -0.307. The van der Waals surface area contributed by atoms with Gasteiger partial charge in [-0.1, -0.05) is 32.4 Å². The number of nitrogen functional groups attached to an aromatic ring is 1. The molecule has 2 aromatic heterocycles. The fraction of sp³-hybridized carbons (Fsp3) is 0.385. The van der Waals surface area contributed by atoms with Gasteiger partial charge in [0, 0.05) is 17.0 Å². The van der Waals surface area contributed by atoms with Crippen molar-refractivity contribution in [1.29, 1.82) is 0 Å². The summed E-state index contributed by atoms with van der Waals surface area (Å²) in [6, 6.07) is 1.23. The minimum absolute atomic E-state index is 0.162. The molecule has 0 amide bonds. The van der Waals surface area contributed by atoms with Crippen LogP contribution in [0, 0.1) is 6.92 Å². The summed E-state index contributed by atoms with van der Waals surface area (Å²) < 4.78 is 0. The van der Waals surface area contributed by atoms with Crippen LogP contribution in [0.25, 0.3) is 0 Å². The van der Waals surface area contributed by atoms with Gasteiger partial charge in [0.2, 0.25) is 0 Å². The highest BCUT2D eigenvalue weighted by Crippen LogP contribution is 2.31. The number of aromatic amines is 1. The number of hydrogen-bond acceptors (Lipinski definition) is 6. The summed E-state index contributed by atoms with van der Waals surface area (Å²) in [6.07, 6.45) is 0. The lowest BCUT2D eigenvalue weighted by Gasteiger charge is -2.18. The van der Waals surface area contributed by atoms with Crippen molar-refractivity contribution in [2.45, 2.75) is 43.3 Å². The minimum Gasteiger partial charge on any atom is -0.383 e. The van der Waals surface area contributed by atoms with Gasteiger partial charge in [0.15, 0.2) is 5.16 Å². The first-order chi connectivity index (χ1) is 9.66. The monoisotopic (exact) mass is 325 g/mol. The molecule has 0 aliphatic carbocycles. The van der Waals surface area contributed by atoms with E-state index >= 15 is 0 Å². The topological polar surface area (TPSA) is 97.5 Å². The van der Waals surface area contributed by atoms with Gasteiger partial charge < -0.3 is 10.7 Å². The average molecular weight is 326 g/mol. The maximum atomic E-state index is 11.4. The van der Waals surface area contributed by atoms with Crippen LogP contribution in [0.4, 0.5) is 5.82 Å². The molecule has 0 radical (unpaired) electrons. The second kappa shape index (κ2) is 5.65. The van der Waals surface area contributed by atoms with Gasteiger partial charge in [0.05, 0.1) is 0 Å². The Kier molecular flexibility index (Phi) is 4.25. The molecule has 0 aliphatic heterocycles. The SMILES string of the molecule is Cc1c(Cl)nc(C(C)(C)C)nc1Sc1nc(N)cc(=O)[nH]1. The molecular weight excluding hydrogens is 310 g/mol. The Morgan fingerprint density at radius 3 is 2.52 bits per heavy atom. The first-order valence-corrected chi connectivity index (χ1v) is 7.45. The Morgan fingerprint density at radius 1 is 1.29 bits per heavy atom. The fourth-order valence-electron chi connectivity index (χ4n) is 1.50. The molecule has 112 valence electrons. The van der Waals surface area contributed by atoms with Crippen molar-refractivity contribution in [3.05, 3.63) is 33.0 Å². The summed E-state index contributed by atoms with van der Waals surface area (Å²) in [4.78, 5) is 26.9. The van der Waals surface area contributed by atoms with Gasteiger partial charge in [0.25, 0.3) is 5.56 Å². The third-order valence-electron chi connectivity index (χ3n) is 2.65. The lowest BCUT2D eigenvalue weighted by atomic mass is 9.96. The van der Waals surface area contributed by atoms with Gasteiger partial charge in [-0.05, 0) is 18.7 Å². The highest BCUT2D eigenvalue weighted by Gasteiger charge is 2.21. The number of aromatic nitrogens is 4. The number of nitrogens with two attached hydrogens (primary N) is 1. The lowest BCUT2D eigenvalue weighted by molar-refractivity contribution is 0.537. The van der Waals surface area contributed by atoms with E-state index in [1.165, 1.54) is 17.8 Å². The molecule has 2 rings (SSSR count). The molecule has 0 bridgehead atoms. The summed E-state index contributed by atoms with van der Waals surface area (Å²) in [5.41, 5.74) is 5.77. The Bertz CT molecular complexity index is 738. The third-order valence-corrected chi connectivity index (χ3v) is 3.99. The summed E-state index contributed by atoms with van der Waals surface area (Å²) in [5, 5.41) is 1.41. The third kappa shape index (κ3) is 3.74. The Hall–Kier alpha value is -1.60. The van der Waals surface area contributed by atoms with Crippen LogP contribution < -0.4 is 11.3 Å². The number of nitrogens with zero attached hydrogens (tertiary/aromatic N) is 3. The smallest absolute Gasteiger partial charge is 0.253 e. The van der Waals surface area contributed by atoms with E-state index in [0.29, 0.717) is 21.2 Å². The first kappa shape index (κ1) is 15.8. The zero-order chi connectivity index (χ0) is 15.8. The highest BCUT2D eigenvalue weighted by molar-refractivity contribution is 7.99. The van der Waals surface area contributed by atoms with Crippen molar-refractivity contribution in [2.75, 3.05) is 5.73 Å². The Morgan fingerprint density at radius 2 is 1.95 bits per heavy atom. The number of halogens is 1. The van der Waals surface area contributed by atoms with Crippen LogP contribution in [0.5, 0.6) is 0 Å². The zero-order valence-corrected chi connectivity index (χ0v) is 13.8. The molecule has 0 spiro atoms. The summed E-state index contributed by atoms with van der Waals surface area (Å²) in [7, 11) is 0. The quantitative estimate of drug-likeness (QED) is 0.650. The first-order valence-electron chi connectivity index (χ1n) is 6.26. The second-order valence-electron chi connectivity index (χ2n) is 5.60. The van der Waals surface area contributed by atoms with Gasteiger partial charge in [-0.2, -0.15) is 0 Å². The molecule has 0 saturated carbocycles. The molecular formula is C13H16ClN5OS. The molecule has 0 atom stereocenters. The molecule has 0 unspecified atom stereocenters. The van der Waals surface area contributed by atoms with E-state index in [-0.39, 0.29) is 16.8 Å². The van der Waals surface area contributed by atoms with Crippen LogP contribution in [0.2, 0.25) is 5.15 Å². The fourth-order valence-corrected chi connectivity index (χ4v) is 2.59. The standard InChI is InChI=1S/C13H16ClN5OS/c1-6-9(14)18-11(13(2,3)4)19-10(6)21-12-16-7(15)5-8(20)17-12/h5H,1-4H3,(H3,15,16,17,20). The van der Waals surface area contributed by atoms with Gasteiger partial charge >= 0.3 is 0 Å². The van der Waals surface area contributed by atoms with Crippen LogP contribution in [0.3, 0.4) is 0 Å².